The molecule has 3 aliphatic rings. The Hall–Kier alpha value is -3.80. The summed E-state index contributed by atoms with van der Waals surface area (Å²) in [4.78, 5) is 83.8. The van der Waals surface area contributed by atoms with Crippen molar-refractivity contribution in [3.05, 3.63) is 35.9 Å². The predicted molar refractivity (Wildman–Crippen MR) is 168 cm³/mol. The largest absolute Gasteiger partial charge is 0.350 e. The van der Waals surface area contributed by atoms with E-state index in [9.17, 15) is 28.8 Å². The zero-order valence-electron chi connectivity index (χ0n) is 27.1. The van der Waals surface area contributed by atoms with E-state index in [0.717, 1.165) is 5.56 Å². The van der Waals surface area contributed by atoms with Gasteiger partial charge in [0.2, 0.25) is 29.5 Å². The Kier molecular flexibility index (Phi) is 11.0. The monoisotopic (exact) mass is 624 g/mol. The van der Waals surface area contributed by atoms with Gasteiger partial charge in [-0.3, -0.25) is 33.7 Å². The molecule has 5 amide bonds. The molecule has 0 radical (unpaired) electrons. The molecular formula is C33H48N6O6. The highest BCUT2D eigenvalue weighted by Gasteiger charge is 2.53. The van der Waals surface area contributed by atoms with Crippen molar-refractivity contribution in [2.45, 2.75) is 96.4 Å². The minimum absolute atomic E-state index is 0.0702. The van der Waals surface area contributed by atoms with Crippen LogP contribution >= 0.6 is 0 Å². The maximum atomic E-state index is 14.0. The topological polar surface area (TPSA) is 157 Å². The Labute approximate surface area is 265 Å². The van der Waals surface area contributed by atoms with Crippen LogP contribution in [0.1, 0.15) is 65.9 Å². The van der Waals surface area contributed by atoms with Gasteiger partial charge in [-0.2, -0.15) is 0 Å². The van der Waals surface area contributed by atoms with E-state index in [2.05, 4.69) is 21.3 Å². The molecule has 3 fully saturated rings. The molecule has 0 spiro atoms. The van der Waals surface area contributed by atoms with E-state index in [4.69, 9.17) is 0 Å². The summed E-state index contributed by atoms with van der Waals surface area (Å²) in [5.74, 6) is -2.84. The molecule has 0 unspecified atom stereocenters. The van der Waals surface area contributed by atoms with Crippen molar-refractivity contribution < 1.29 is 28.8 Å². The van der Waals surface area contributed by atoms with Crippen molar-refractivity contribution in [1.82, 2.24) is 31.1 Å². The third kappa shape index (κ3) is 9.35. The van der Waals surface area contributed by atoms with Crippen molar-refractivity contribution in [1.29, 1.82) is 0 Å². The van der Waals surface area contributed by atoms with Crippen LogP contribution < -0.4 is 21.3 Å². The van der Waals surface area contributed by atoms with Crippen LogP contribution in [-0.2, 0) is 35.2 Å². The normalized spacial score (nSPS) is 27.5. The molecule has 3 aliphatic heterocycles. The molecule has 3 saturated heterocycles. The molecule has 246 valence electrons. The second-order valence-corrected chi connectivity index (χ2v) is 14.0. The fraction of sp³-hybridized carbons (Fsp3) is 0.636. The Balaban J connectivity index is 1.66. The number of carbonyl (C=O) groups excluding carboxylic acids is 6. The van der Waals surface area contributed by atoms with Gasteiger partial charge in [0, 0.05) is 24.4 Å². The molecule has 12 nitrogen and oxygen atoms in total. The number of hydrogen-bond donors (Lipinski definition) is 4. The number of nitrogens with zero attached hydrogens (tertiary/aromatic N) is 2. The van der Waals surface area contributed by atoms with Crippen LogP contribution in [0, 0.1) is 11.8 Å². The van der Waals surface area contributed by atoms with Gasteiger partial charge < -0.3 is 26.2 Å². The van der Waals surface area contributed by atoms with Gasteiger partial charge in [-0.1, -0.05) is 44.2 Å². The first-order valence-corrected chi connectivity index (χ1v) is 16.0. The molecule has 12 heteroatoms. The zero-order chi connectivity index (χ0) is 32.9. The van der Waals surface area contributed by atoms with Crippen molar-refractivity contribution in [3.63, 3.8) is 0 Å². The highest BCUT2D eigenvalue weighted by molar-refractivity contribution is 5.95. The maximum absolute atomic E-state index is 14.0. The van der Waals surface area contributed by atoms with E-state index < -0.39 is 47.4 Å². The van der Waals surface area contributed by atoms with E-state index >= 15 is 0 Å². The van der Waals surface area contributed by atoms with Gasteiger partial charge in [-0.25, -0.2) is 0 Å². The summed E-state index contributed by atoms with van der Waals surface area (Å²) in [6.07, 6.45) is 1.74. The Morgan fingerprint density at radius 3 is 2.36 bits per heavy atom. The first-order chi connectivity index (χ1) is 21.2. The van der Waals surface area contributed by atoms with E-state index in [0.29, 0.717) is 38.8 Å². The van der Waals surface area contributed by atoms with Gasteiger partial charge in [0.05, 0.1) is 25.2 Å². The van der Waals surface area contributed by atoms with E-state index in [-0.39, 0.29) is 48.9 Å². The average Bonchev–Trinajstić information content (AvgIpc) is 3.59. The molecule has 45 heavy (non-hydrogen) atoms. The van der Waals surface area contributed by atoms with Crippen LogP contribution in [0.2, 0.25) is 0 Å². The summed E-state index contributed by atoms with van der Waals surface area (Å²) >= 11 is 0. The van der Waals surface area contributed by atoms with Crippen LogP contribution in [0.4, 0.5) is 0 Å². The summed E-state index contributed by atoms with van der Waals surface area (Å²) in [5.41, 5.74) is 0.355. The maximum Gasteiger partial charge on any atom is 0.242 e. The van der Waals surface area contributed by atoms with Gasteiger partial charge in [-0.15, -0.1) is 0 Å². The summed E-state index contributed by atoms with van der Waals surface area (Å²) in [7, 11) is 0. The van der Waals surface area contributed by atoms with E-state index in [1.807, 2.05) is 69.9 Å². The van der Waals surface area contributed by atoms with E-state index in [1.165, 1.54) is 0 Å². The molecule has 4 rings (SSSR count). The van der Waals surface area contributed by atoms with Crippen LogP contribution in [-0.4, -0.2) is 101 Å². The first-order valence-electron chi connectivity index (χ1n) is 16.0. The van der Waals surface area contributed by atoms with Crippen LogP contribution in [0.5, 0.6) is 0 Å². The number of carbonyl (C=O) groups is 6. The molecule has 3 heterocycles. The number of ketones is 1. The summed E-state index contributed by atoms with van der Waals surface area (Å²) in [6, 6.07) is 6.62. The molecule has 0 bridgehead atoms. The Bertz CT molecular complexity index is 1280. The van der Waals surface area contributed by atoms with Gasteiger partial charge in [0.15, 0.2) is 5.78 Å². The molecule has 4 N–H and O–H groups in total. The van der Waals surface area contributed by atoms with Crippen LogP contribution in [0.15, 0.2) is 30.3 Å². The van der Waals surface area contributed by atoms with Crippen LogP contribution in [0.3, 0.4) is 0 Å². The number of rotatable bonds is 5. The molecule has 1 aromatic rings. The molecular weight excluding hydrogens is 576 g/mol. The van der Waals surface area contributed by atoms with Crippen molar-refractivity contribution in [3.8, 4) is 0 Å². The number of hydrogen-bond acceptors (Lipinski definition) is 7. The number of nitrogens with one attached hydrogen (secondary N) is 4. The quantitative estimate of drug-likeness (QED) is 0.349. The summed E-state index contributed by atoms with van der Waals surface area (Å²) in [6.45, 7) is 9.64. The Morgan fingerprint density at radius 2 is 1.69 bits per heavy atom. The minimum Gasteiger partial charge on any atom is -0.350 e. The number of benzene rings is 1. The van der Waals surface area contributed by atoms with Gasteiger partial charge >= 0.3 is 0 Å². The minimum atomic E-state index is -0.894. The van der Waals surface area contributed by atoms with Gasteiger partial charge in [0.1, 0.15) is 12.1 Å². The second kappa shape index (κ2) is 14.5. The fourth-order valence-electron chi connectivity index (χ4n) is 6.34. The third-order valence-corrected chi connectivity index (χ3v) is 8.41. The highest BCUT2D eigenvalue weighted by Crippen LogP contribution is 2.33. The van der Waals surface area contributed by atoms with Crippen molar-refractivity contribution >= 4 is 35.3 Å². The van der Waals surface area contributed by atoms with Gasteiger partial charge in [0.25, 0.3) is 0 Å². The fourth-order valence-corrected chi connectivity index (χ4v) is 6.34. The first kappa shape index (κ1) is 34.1. The molecule has 1 aromatic carbocycles. The Morgan fingerprint density at radius 1 is 1.00 bits per heavy atom. The average molecular weight is 625 g/mol. The molecule has 5 atom stereocenters. The highest BCUT2D eigenvalue weighted by atomic mass is 16.2. The lowest BCUT2D eigenvalue weighted by Crippen LogP contribution is -2.59. The molecule has 0 saturated carbocycles. The van der Waals surface area contributed by atoms with Crippen molar-refractivity contribution in [2.24, 2.45) is 11.8 Å². The number of amides is 5. The summed E-state index contributed by atoms with van der Waals surface area (Å²) < 4.78 is 0. The smallest absolute Gasteiger partial charge is 0.242 e. The lowest BCUT2D eigenvalue weighted by atomic mass is 9.93. The van der Waals surface area contributed by atoms with Gasteiger partial charge in [-0.05, 0) is 64.5 Å². The van der Waals surface area contributed by atoms with E-state index in [1.54, 1.807) is 4.90 Å². The van der Waals surface area contributed by atoms with Crippen molar-refractivity contribution in [2.75, 3.05) is 26.2 Å². The SMILES string of the molecule is CC(C)C[C@@H]1NC(=O)CNC(=O)[C@@H]2CCCN2[C@@H](C(=O)NC(C)(C)C)[C@@H]2CN2C(=O)[C@H](Cc2ccccc2)CC(=O)CNC1=O. The van der Waals surface area contributed by atoms with Crippen LogP contribution in [0.25, 0.3) is 0 Å². The zero-order valence-corrected chi connectivity index (χ0v) is 27.1. The molecule has 0 aliphatic carbocycles. The number of fused-ring (bicyclic) bond motifs is 2. The lowest BCUT2D eigenvalue weighted by Gasteiger charge is -2.34. The lowest BCUT2D eigenvalue weighted by molar-refractivity contribution is -0.136. The second-order valence-electron chi connectivity index (χ2n) is 14.0. The number of Topliss-reactive ketones (excluding diaryl/α,β-unsaturated/α-hetero) is 1. The standard InChI is InChI=1S/C33H48N6O6/c1-20(2)14-24-29(42)34-17-23(40)16-22(15-21-10-7-6-8-11-21)32(45)39-19-26(39)28(31(44)37-33(3,4)5)38-13-9-12-25(38)30(43)35-18-27(41)36-24/h6-8,10-11,20,22,24-26,28H,9,12-19H2,1-5H3,(H,34,42)(H,35,43)(H,36,41)(H,37,44)/t22-,24+,25+,26+,28-,39?/m1/s1. The summed E-state index contributed by atoms with van der Waals surface area (Å²) in [5, 5.41) is 11.1. The molecule has 0 aromatic heterocycles. The predicted octanol–water partition coefficient (Wildman–Crippen LogP) is 0.540. The third-order valence-electron chi connectivity index (χ3n) is 8.41.